The zero-order chi connectivity index (χ0) is 27.9. The van der Waals surface area contributed by atoms with Crippen LogP contribution in [0.1, 0.15) is 61.9 Å². The van der Waals surface area contributed by atoms with Crippen LogP contribution in [0.15, 0.2) is 48.5 Å². The van der Waals surface area contributed by atoms with Gasteiger partial charge in [-0.05, 0) is 56.0 Å². The molecule has 1 aliphatic carbocycles. The van der Waals surface area contributed by atoms with Gasteiger partial charge in [0.15, 0.2) is 5.78 Å². The number of nitrogens with zero attached hydrogens (tertiary/aromatic N) is 2. The SMILES string of the molecule is CC[C@H](C(=O)NC1CCCC1)N(Cc1ccc(OC)cc1)C(=O)CN(c1cccc(C(C)=O)c1)S(C)(=O)=O. The van der Waals surface area contributed by atoms with E-state index in [1.54, 1.807) is 37.4 Å². The van der Waals surface area contributed by atoms with Gasteiger partial charge in [-0.15, -0.1) is 0 Å². The molecule has 10 heteroatoms. The minimum absolute atomic E-state index is 0.0799. The highest BCUT2D eigenvalue weighted by Crippen LogP contribution is 2.23. The van der Waals surface area contributed by atoms with Gasteiger partial charge in [0, 0.05) is 18.2 Å². The summed E-state index contributed by atoms with van der Waals surface area (Å²) in [6.07, 6.45) is 5.29. The van der Waals surface area contributed by atoms with Crippen molar-refractivity contribution in [3.63, 3.8) is 0 Å². The van der Waals surface area contributed by atoms with Gasteiger partial charge in [-0.25, -0.2) is 8.42 Å². The Morgan fingerprint density at radius 3 is 2.29 bits per heavy atom. The van der Waals surface area contributed by atoms with Gasteiger partial charge < -0.3 is 15.0 Å². The van der Waals surface area contributed by atoms with Crippen molar-refractivity contribution in [1.29, 1.82) is 0 Å². The molecule has 1 saturated carbocycles. The summed E-state index contributed by atoms with van der Waals surface area (Å²) in [5, 5.41) is 3.08. The second kappa shape index (κ2) is 12.9. The number of nitrogens with one attached hydrogen (secondary N) is 1. The number of carbonyl (C=O) groups excluding carboxylic acids is 3. The molecule has 0 radical (unpaired) electrons. The molecule has 9 nitrogen and oxygen atoms in total. The lowest BCUT2D eigenvalue weighted by atomic mass is 10.1. The highest BCUT2D eigenvalue weighted by atomic mass is 32.2. The predicted octanol–water partition coefficient (Wildman–Crippen LogP) is 3.53. The summed E-state index contributed by atoms with van der Waals surface area (Å²) in [7, 11) is -2.32. The lowest BCUT2D eigenvalue weighted by Gasteiger charge is -2.33. The van der Waals surface area contributed by atoms with E-state index in [4.69, 9.17) is 4.74 Å². The molecule has 206 valence electrons. The normalized spacial score (nSPS) is 14.5. The van der Waals surface area contributed by atoms with E-state index in [-0.39, 0.29) is 30.0 Å². The van der Waals surface area contributed by atoms with E-state index in [1.165, 1.54) is 17.9 Å². The van der Waals surface area contributed by atoms with E-state index in [9.17, 15) is 22.8 Å². The Morgan fingerprint density at radius 2 is 1.74 bits per heavy atom. The van der Waals surface area contributed by atoms with Gasteiger partial charge >= 0.3 is 0 Å². The molecule has 2 amide bonds. The molecule has 1 aliphatic rings. The second-order valence-corrected chi connectivity index (χ2v) is 11.6. The highest BCUT2D eigenvalue weighted by Gasteiger charge is 2.33. The van der Waals surface area contributed by atoms with Crippen molar-refractivity contribution in [3.8, 4) is 5.75 Å². The van der Waals surface area contributed by atoms with E-state index >= 15 is 0 Å². The fourth-order valence-electron chi connectivity index (χ4n) is 4.71. The van der Waals surface area contributed by atoms with Crippen LogP contribution < -0.4 is 14.4 Å². The van der Waals surface area contributed by atoms with Crippen LogP contribution in [-0.4, -0.2) is 62.9 Å². The number of ketones is 1. The molecule has 0 bridgehead atoms. The van der Waals surface area contributed by atoms with E-state index < -0.39 is 28.5 Å². The van der Waals surface area contributed by atoms with Gasteiger partial charge in [0.05, 0.1) is 19.1 Å². The fourth-order valence-corrected chi connectivity index (χ4v) is 5.55. The maximum absolute atomic E-state index is 13.8. The quantitative estimate of drug-likeness (QED) is 0.410. The van der Waals surface area contributed by atoms with Gasteiger partial charge in [-0.1, -0.05) is 44.0 Å². The highest BCUT2D eigenvalue weighted by molar-refractivity contribution is 7.92. The number of benzene rings is 2. The van der Waals surface area contributed by atoms with E-state index in [2.05, 4.69) is 5.32 Å². The third-order valence-corrected chi connectivity index (χ3v) is 7.96. The molecule has 38 heavy (non-hydrogen) atoms. The Balaban J connectivity index is 1.94. The Morgan fingerprint density at radius 1 is 1.08 bits per heavy atom. The first kappa shape index (κ1) is 29.2. The topological polar surface area (TPSA) is 113 Å². The van der Waals surface area contributed by atoms with Gasteiger partial charge in [0.2, 0.25) is 21.8 Å². The standard InChI is InChI=1S/C28H37N3O6S/c1-5-26(28(34)29-23-10-6-7-11-23)30(18-21-13-15-25(37-3)16-14-21)27(33)19-31(38(4,35)36)24-12-8-9-22(17-24)20(2)32/h8-9,12-17,23,26H,5-7,10-11,18-19H2,1-4H3,(H,29,34)/t26-/m1/s1. The molecular formula is C28H37N3O6S. The minimum atomic E-state index is -3.88. The molecular weight excluding hydrogens is 506 g/mol. The first-order valence-corrected chi connectivity index (χ1v) is 14.7. The average molecular weight is 544 g/mol. The number of sulfonamides is 1. The lowest BCUT2D eigenvalue weighted by molar-refractivity contribution is -0.140. The number of hydrogen-bond acceptors (Lipinski definition) is 6. The molecule has 0 saturated heterocycles. The van der Waals surface area contributed by atoms with Crippen molar-refractivity contribution in [1.82, 2.24) is 10.2 Å². The Bertz CT molecular complexity index is 1240. The van der Waals surface area contributed by atoms with Crippen LogP contribution in [0.4, 0.5) is 5.69 Å². The number of amides is 2. The van der Waals surface area contributed by atoms with Crippen LogP contribution in [0, 0.1) is 0 Å². The Kier molecular flexibility index (Phi) is 9.90. The summed E-state index contributed by atoms with van der Waals surface area (Å²) in [6, 6.07) is 12.6. The monoisotopic (exact) mass is 543 g/mol. The van der Waals surface area contributed by atoms with E-state index in [1.807, 2.05) is 19.1 Å². The molecule has 3 rings (SSSR count). The van der Waals surface area contributed by atoms with Crippen LogP contribution in [-0.2, 0) is 26.2 Å². The van der Waals surface area contributed by atoms with Crippen molar-refractivity contribution in [2.24, 2.45) is 0 Å². The molecule has 0 aromatic heterocycles. The summed E-state index contributed by atoms with van der Waals surface area (Å²) in [4.78, 5) is 40.5. The Hall–Kier alpha value is -3.40. The molecule has 2 aromatic rings. The number of hydrogen-bond donors (Lipinski definition) is 1. The predicted molar refractivity (Wildman–Crippen MR) is 147 cm³/mol. The summed E-state index contributed by atoms with van der Waals surface area (Å²) < 4.78 is 31.8. The third kappa shape index (κ3) is 7.56. The molecule has 0 heterocycles. The van der Waals surface area contributed by atoms with E-state index in [0.29, 0.717) is 17.7 Å². The van der Waals surface area contributed by atoms with Crippen LogP contribution in [0.2, 0.25) is 0 Å². The van der Waals surface area contributed by atoms with Gasteiger partial charge in [0.1, 0.15) is 18.3 Å². The summed E-state index contributed by atoms with van der Waals surface area (Å²) in [6.45, 7) is 2.83. The van der Waals surface area contributed by atoms with Crippen LogP contribution >= 0.6 is 0 Å². The molecule has 1 N–H and O–H groups in total. The lowest BCUT2D eigenvalue weighted by Crippen LogP contribution is -2.53. The number of methoxy groups -OCH3 is 1. The van der Waals surface area contributed by atoms with Crippen molar-refractivity contribution in [3.05, 3.63) is 59.7 Å². The van der Waals surface area contributed by atoms with E-state index in [0.717, 1.165) is 41.8 Å². The van der Waals surface area contributed by atoms with Crippen LogP contribution in [0.3, 0.4) is 0 Å². The molecule has 2 aromatic carbocycles. The third-order valence-electron chi connectivity index (χ3n) is 6.82. The average Bonchev–Trinajstić information content (AvgIpc) is 3.39. The van der Waals surface area contributed by atoms with Gasteiger partial charge in [-0.3, -0.25) is 18.7 Å². The number of anilines is 1. The maximum atomic E-state index is 13.8. The van der Waals surface area contributed by atoms with Crippen molar-refractivity contribution in [2.75, 3.05) is 24.2 Å². The van der Waals surface area contributed by atoms with Crippen LogP contribution in [0.25, 0.3) is 0 Å². The summed E-state index contributed by atoms with van der Waals surface area (Å²) >= 11 is 0. The van der Waals surface area contributed by atoms with Gasteiger partial charge in [-0.2, -0.15) is 0 Å². The molecule has 1 atom stereocenters. The summed E-state index contributed by atoms with van der Waals surface area (Å²) in [5.74, 6) is -0.327. The van der Waals surface area contributed by atoms with Crippen molar-refractivity contribution in [2.45, 2.75) is 64.6 Å². The smallest absolute Gasteiger partial charge is 0.244 e. The first-order chi connectivity index (χ1) is 18.0. The molecule has 0 aliphatic heterocycles. The number of carbonyl (C=O) groups is 3. The molecule has 1 fully saturated rings. The summed E-state index contributed by atoms with van der Waals surface area (Å²) in [5.41, 5.74) is 1.32. The zero-order valence-corrected chi connectivity index (χ0v) is 23.3. The van der Waals surface area contributed by atoms with Crippen molar-refractivity contribution < 1.29 is 27.5 Å². The van der Waals surface area contributed by atoms with Crippen LogP contribution in [0.5, 0.6) is 5.75 Å². The molecule has 0 spiro atoms. The number of ether oxygens (including phenoxy) is 1. The minimum Gasteiger partial charge on any atom is -0.497 e. The second-order valence-electron chi connectivity index (χ2n) is 9.66. The number of Topliss-reactive ketones (excluding diaryl/α,β-unsaturated/α-hetero) is 1. The van der Waals surface area contributed by atoms with Crippen molar-refractivity contribution >= 4 is 33.3 Å². The zero-order valence-electron chi connectivity index (χ0n) is 22.5. The number of rotatable bonds is 12. The maximum Gasteiger partial charge on any atom is 0.244 e. The molecule has 0 unspecified atom stereocenters. The largest absolute Gasteiger partial charge is 0.497 e. The first-order valence-electron chi connectivity index (χ1n) is 12.8. The Labute approximate surface area is 225 Å². The van der Waals surface area contributed by atoms with Gasteiger partial charge in [0.25, 0.3) is 0 Å². The fraction of sp³-hybridized carbons (Fsp3) is 0.464.